The number of benzene rings is 1. The van der Waals surface area contributed by atoms with E-state index in [9.17, 15) is 38.1 Å². The number of hydrogen-bond acceptors (Lipinski definition) is 4. The van der Waals surface area contributed by atoms with Crippen molar-refractivity contribution in [2.75, 3.05) is 27.2 Å². The van der Waals surface area contributed by atoms with Gasteiger partial charge < -0.3 is 20.2 Å². The van der Waals surface area contributed by atoms with Gasteiger partial charge in [0.2, 0.25) is 5.91 Å². The molecule has 0 aliphatic rings. The van der Waals surface area contributed by atoms with E-state index in [4.69, 9.17) is 23.2 Å². The van der Waals surface area contributed by atoms with Gasteiger partial charge >= 0.3 is 12.3 Å². The van der Waals surface area contributed by atoms with Crippen molar-refractivity contribution in [3.63, 3.8) is 0 Å². The highest BCUT2D eigenvalue weighted by Crippen LogP contribution is 2.37. The van der Waals surface area contributed by atoms with E-state index in [0.717, 1.165) is 23.9 Å². The largest absolute Gasteiger partial charge is 0.465 e. The zero-order chi connectivity index (χ0) is 22.6. The molecule has 0 radical (unpaired) electrons. The summed E-state index contributed by atoms with van der Waals surface area (Å²) in [5.74, 6) is -1.29. The highest BCUT2D eigenvalue weighted by Gasteiger charge is 2.44. The molecular weight excluding hydrogens is 440 g/mol. The topological polar surface area (TPSA) is 101 Å². The maximum atomic E-state index is 12.6. The lowest BCUT2D eigenvalue weighted by atomic mass is 9.82. The SMILES string of the molecule is CN(C[C@](CC(O)CO)(c1ccc(Cl)c(Cl)c1)N(C)C(=O)O)C(=O)CC(F)(F)F. The van der Waals surface area contributed by atoms with E-state index in [0.29, 0.717) is 0 Å². The van der Waals surface area contributed by atoms with Crippen molar-refractivity contribution in [2.24, 2.45) is 0 Å². The van der Waals surface area contributed by atoms with E-state index in [1.807, 2.05) is 0 Å². The fourth-order valence-electron chi connectivity index (χ4n) is 2.92. The van der Waals surface area contributed by atoms with Crippen molar-refractivity contribution >= 4 is 35.2 Å². The van der Waals surface area contributed by atoms with Crippen LogP contribution in [-0.4, -0.2) is 76.6 Å². The fraction of sp³-hybridized carbons (Fsp3) is 0.529. The molecular formula is C17H21Cl2F3N2O5. The van der Waals surface area contributed by atoms with Crippen molar-refractivity contribution in [1.29, 1.82) is 0 Å². The van der Waals surface area contributed by atoms with E-state index in [-0.39, 0.29) is 15.6 Å². The van der Waals surface area contributed by atoms with E-state index < -0.39 is 55.8 Å². The van der Waals surface area contributed by atoms with Gasteiger partial charge in [-0.25, -0.2) is 4.79 Å². The molecule has 0 saturated heterocycles. The summed E-state index contributed by atoms with van der Waals surface area (Å²) in [6.45, 7) is -1.28. The number of hydrogen-bond donors (Lipinski definition) is 3. The smallest absolute Gasteiger partial charge is 0.407 e. The van der Waals surface area contributed by atoms with E-state index in [2.05, 4.69) is 0 Å². The molecule has 0 fully saturated rings. The molecule has 0 aliphatic heterocycles. The molecule has 1 rings (SSSR count). The van der Waals surface area contributed by atoms with Crippen LogP contribution in [-0.2, 0) is 10.3 Å². The average Bonchev–Trinajstić information content (AvgIpc) is 2.60. The van der Waals surface area contributed by atoms with E-state index in [1.165, 1.54) is 18.2 Å². The third-order valence-corrected chi connectivity index (χ3v) is 5.19. The van der Waals surface area contributed by atoms with Crippen molar-refractivity contribution in [3.8, 4) is 0 Å². The van der Waals surface area contributed by atoms with Gasteiger partial charge in [0.15, 0.2) is 0 Å². The molecule has 164 valence electrons. The molecule has 0 aliphatic carbocycles. The number of halogens is 5. The maximum Gasteiger partial charge on any atom is 0.407 e. The third kappa shape index (κ3) is 6.63. The second-order valence-corrected chi connectivity index (χ2v) is 7.40. The van der Waals surface area contributed by atoms with Crippen LogP contribution in [0.1, 0.15) is 18.4 Å². The van der Waals surface area contributed by atoms with Gasteiger partial charge in [-0.1, -0.05) is 29.3 Å². The number of aliphatic hydroxyl groups excluding tert-OH is 2. The van der Waals surface area contributed by atoms with Gasteiger partial charge in [0.1, 0.15) is 6.42 Å². The van der Waals surface area contributed by atoms with Crippen LogP contribution in [0.4, 0.5) is 18.0 Å². The first-order valence-electron chi connectivity index (χ1n) is 8.25. The van der Waals surface area contributed by atoms with Crippen LogP contribution < -0.4 is 0 Å². The second kappa shape index (κ2) is 9.84. The summed E-state index contributed by atoms with van der Waals surface area (Å²) >= 11 is 11.9. The molecule has 0 heterocycles. The summed E-state index contributed by atoms with van der Waals surface area (Å²) in [7, 11) is 2.22. The van der Waals surface area contributed by atoms with Crippen LogP contribution in [0.3, 0.4) is 0 Å². The monoisotopic (exact) mass is 460 g/mol. The van der Waals surface area contributed by atoms with Crippen LogP contribution in [0, 0.1) is 0 Å². The molecule has 0 aromatic heterocycles. The molecule has 3 N–H and O–H groups in total. The zero-order valence-corrected chi connectivity index (χ0v) is 17.1. The molecule has 0 spiro atoms. The Balaban J connectivity index is 3.52. The predicted octanol–water partition coefficient (Wildman–Crippen LogP) is 2.95. The number of carbonyl (C=O) groups excluding carboxylic acids is 1. The molecule has 0 bridgehead atoms. The first-order chi connectivity index (χ1) is 13.2. The van der Waals surface area contributed by atoms with Crippen molar-refractivity contribution in [2.45, 2.75) is 30.7 Å². The van der Waals surface area contributed by atoms with Gasteiger partial charge in [0.25, 0.3) is 0 Å². The van der Waals surface area contributed by atoms with Crippen LogP contribution in [0.2, 0.25) is 10.0 Å². The van der Waals surface area contributed by atoms with Crippen LogP contribution >= 0.6 is 23.2 Å². The number of carboxylic acid groups (broad SMARTS) is 1. The first-order valence-corrected chi connectivity index (χ1v) is 9.01. The Kier molecular flexibility index (Phi) is 8.58. The molecule has 12 heteroatoms. The number of nitrogens with zero attached hydrogens (tertiary/aromatic N) is 2. The zero-order valence-electron chi connectivity index (χ0n) is 15.6. The number of alkyl halides is 3. The number of rotatable bonds is 8. The van der Waals surface area contributed by atoms with Gasteiger partial charge in [-0.05, 0) is 17.7 Å². The molecule has 29 heavy (non-hydrogen) atoms. The predicted molar refractivity (Wildman–Crippen MR) is 99.9 cm³/mol. The lowest BCUT2D eigenvalue weighted by Gasteiger charge is -2.44. The first kappa shape index (κ1) is 25.3. The molecule has 7 nitrogen and oxygen atoms in total. The highest BCUT2D eigenvalue weighted by atomic mass is 35.5. The lowest BCUT2D eigenvalue weighted by Crippen LogP contribution is -2.56. The Morgan fingerprint density at radius 1 is 1.17 bits per heavy atom. The standard InChI is InChI=1S/C17H21Cl2F3N2O5/c1-23(14(27)7-17(20,21)22)9-16(6-11(26)8-25,24(2)15(28)29)10-3-4-12(18)13(19)5-10/h3-5,11,25-26H,6-9H2,1-2H3,(H,28,29)/t11?,16-/m1/s1. The third-order valence-electron chi connectivity index (χ3n) is 4.45. The van der Waals surface area contributed by atoms with Crippen molar-refractivity contribution in [3.05, 3.63) is 33.8 Å². The Bertz CT molecular complexity index is 750. The van der Waals surface area contributed by atoms with E-state index >= 15 is 0 Å². The Labute approximate surface area is 175 Å². The van der Waals surface area contributed by atoms with Gasteiger partial charge in [-0.2, -0.15) is 13.2 Å². The number of carbonyl (C=O) groups is 2. The van der Waals surface area contributed by atoms with Crippen molar-refractivity contribution < 1.29 is 38.1 Å². The fourth-order valence-corrected chi connectivity index (χ4v) is 3.22. The summed E-state index contributed by atoms with van der Waals surface area (Å²) in [5.41, 5.74) is -1.55. The van der Waals surface area contributed by atoms with Crippen LogP contribution in [0.5, 0.6) is 0 Å². The summed E-state index contributed by atoms with van der Waals surface area (Å²) in [5, 5.41) is 29.1. The van der Waals surface area contributed by atoms with Crippen LogP contribution in [0.15, 0.2) is 18.2 Å². The number of amides is 2. The van der Waals surface area contributed by atoms with Gasteiger partial charge in [0.05, 0.1) is 28.3 Å². The minimum atomic E-state index is -4.75. The summed E-state index contributed by atoms with van der Waals surface area (Å²) in [4.78, 5) is 25.3. The highest BCUT2D eigenvalue weighted by molar-refractivity contribution is 6.42. The lowest BCUT2D eigenvalue weighted by molar-refractivity contribution is -0.162. The molecule has 2 atom stereocenters. The molecule has 1 aromatic carbocycles. The Hall–Kier alpha value is -1.75. The molecule has 2 amide bonds. The van der Waals surface area contributed by atoms with Gasteiger partial charge in [0, 0.05) is 27.1 Å². The maximum absolute atomic E-state index is 12.6. The normalized spacial score (nSPS) is 14.8. The minimum Gasteiger partial charge on any atom is -0.465 e. The van der Waals surface area contributed by atoms with Crippen LogP contribution in [0.25, 0.3) is 0 Å². The number of likely N-dealkylation sites (N-methyl/N-ethyl adjacent to an activating group) is 2. The minimum absolute atomic E-state index is 0.0371. The average molecular weight is 461 g/mol. The molecule has 0 saturated carbocycles. The van der Waals surface area contributed by atoms with E-state index in [1.54, 1.807) is 0 Å². The van der Waals surface area contributed by atoms with Gasteiger partial charge in [-0.15, -0.1) is 0 Å². The summed E-state index contributed by atoms with van der Waals surface area (Å²) in [6.07, 6.45) is -9.81. The molecule has 1 unspecified atom stereocenters. The second-order valence-electron chi connectivity index (χ2n) is 6.58. The quantitative estimate of drug-likeness (QED) is 0.553. The van der Waals surface area contributed by atoms with Gasteiger partial charge in [-0.3, -0.25) is 9.69 Å². The molecule has 1 aromatic rings. The summed E-state index contributed by atoms with van der Waals surface area (Å²) in [6, 6.07) is 4.04. The summed E-state index contributed by atoms with van der Waals surface area (Å²) < 4.78 is 37.8. The Morgan fingerprint density at radius 3 is 2.21 bits per heavy atom. The van der Waals surface area contributed by atoms with Crippen molar-refractivity contribution in [1.82, 2.24) is 9.80 Å². The Morgan fingerprint density at radius 2 is 1.76 bits per heavy atom. The number of aliphatic hydroxyl groups is 2.